The number of benzene rings is 2. The molecule has 0 bridgehead atoms. The Morgan fingerprint density at radius 1 is 1.00 bits per heavy atom. The Morgan fingerprint density at radius 2 is 1.72 bits per heavy atom. The lowest BCUT2D eigenvalue weighted by Gasteiger charge is -2.32. The smallest absolute Gasteiger partial charge is 0.321 e. The number of anilines is 1. The van der Waals surface area contributed by atoms with Crippen molar-refractivity contribution < 1.29 is 9.59 Å². The van der Waals surface area contributed by atoms with Crippen molar-refractivity contribution in [1.29, 1.82) is 0 Å². The van der Waals surface area contributed by atoms with E-state index in [1.54, 1.807) is 0 Å². The number of aryl methyl sites for hydroxylation is 3. The van der Waals surface area contributed by atoms with E-state index < -0.39 is 0 Å². The quantitative estimate of drug-likeness (QED) is 0.782. The highest BCUT2D eigenvalue weighted by Gasteiger charge is 2.24. The van der Waals surface area contributed by atoms with Gasteiger partial charge in [0.15, 0.2) is 0 Å². The minimum absolute atomic E-state index is 0.0561. The van der Waals surface area contributed by atoms with Crippen LogP contribution in [-0.2, 0) is 11.3 Å². The van der Waals surface area contributed by atoms with Crippen molar-refractivity contribution in [1.82, 2.24) is 10.2 Å². The van der Waals surface area contributed by atoms with Crippen molar-refractivity contribution in [3.63, 3.8) is 0 Å². The van der Waals surface area contributed by atoms with Gasteiger partial charge in [0, 0.05) is 31.7 Å². The van der Waals surface area contributed by atoms with Gasteiger partial charge >= 0.3 is 6.03 Å². The molecule has 29 heavy (non-hydrogen) atoms. The van der Waals surface area contributed by atoms with Crippen LogP contribution in [0.5, 0.6) is 0 Å². The Labute approximate surface area is 173 Å². The predicted octanol–water partition coefficient (Wildman–Crippen LogP) is 4.56. The molecule has 1 saturated heterocycles. The second kappa shape index (κ2) is 9.59. The fourth-order valence-electron chi connectivity index (χ4n) is 3.82. The second-order valence-corrected chi connectivity index (χ2v) is 8.09. The van der Waals surface area contributed by atoms with Gasteiger partial charge < -0.3 is 15.5 Å². The molecule has 0 radical (unpaired) electrons. The van der Waals surface area contributed by atoms with Crippen LogP contribution in [0, 0.1) is 26.7 Å². The molecule has 5 heteroatoms. The molecule has 1 aliphatic rings. The molecule has 0 aromatic heterocycles. The van der Waals surface area contributed by atoms with Gasteiger partial charge in [-0.25, -0.2) is 4.79 Å². The van der Waals surface area contributed by atoms with Gasteiger partial charge in [0.2, 0.25) is 5.91 Å². The summed E-state index contributed by atoms with van der Waals surface area (Å²) in [5, 5.41) is 6.05. The fraction of sp³-hybridized carbons (Fsp3) is 0.417. The number of piperidine rings is 1. The molecule has 1 heterocycles. The molecule has 2 aromatic rings. The molecule has 0 aliphatic carbocycles. The Kier molecular flexibility index (Phi) is 6.91. The van der Waals surface area contributed by atoms with Crippen LogP contribution in [0.1, 0.15) is 41.5 Å². The van der Waals surface area contributed by atoms with Crippen LogP contribution in [0.3, 0.4) is 0 Å². The Morgan fingerprint density at radius 3 is 2.41 bits per heavy atom. The number of carbonyl (C=O) groups is 2. The van der Waals surface area contributed by atoms with Gasteiger partial charge in [0.05, 0.1) is 0 Å². The Hall–Kier alpha value is -2.82. The fourth-order valence-corrected chi connectivity index (χ4v) is 3.82. The van der Waals surface area contributed by atoms with E-state index in [9.17, 15) is 9.59 Å². The maximum absolute atomic E-state index is 12.6. The van der Waals surface area contributed by atoms with Crippen LogP contribution in [-0.4, -0.2) is 29.9 Å². The highest BCUT2D eigenvalue weighted by Crippen LogP contribution is 2.22. The molecule has 1 fully saturated rings. The largest absolute Gasteiger partial charge is 0.352 e. The zero-order chi connectivity index (χ0) is 20.8. The van der Waals surface area contributed by atoms with Crippen molar-refractivity contribution >= 4 is 17.6 Å². The predicted molar refractivity (Wildman–Crippen MR) is 117 cm³/mol. The summed E-state index contributed by atoms with van der Waals surface area (Å²) in [5.41, 5.74) is 5.45. The molecule has 1 aliphatic heterocycles. The first kappa shape index (κ1) is 20.9. The number of rotatable bonds is 5. The first-order chi connectivity index (χ1) is 13.9. The van der Waals surface area contributed by atoms with E-state index >= 15 is 0 Å². The van der Waals surface area contributed by atoms with Gasteiger partial charge in [0.25, 0.3) is 0 Å². The molecule has 0 saturated carbocycles. The standard InChI is InChI=1S/C24H31N3O2/c1-17-8-9-22(19(3)14-17)26-24(29)27-12-10-20(11-13-27)15-23(28)25-16-21-7-5-4-6-18(21)2/h4-9,14,20H,10-13,15-16H2,1-3H3,(H,25,28)(H,26,29). The third-order valence-corrected chi connectivity index (χ3v) is 5.74. The molecule has 0 unspecified atom stereocenters. The number of amides is 3. The summed E-state index contributed by atoms with van der Waals surface area (Å²) in [7, 11) is 0. The summed E-state index contributed by atoms with van der Waals surface area (Å²) < 4.78 is 0. The van der Waals surface area contributed by atoms with Gasteiger partial charge in [-0.15, -0.1) is 0 Å². The molecule has 3 rings (SSSR count). The molecule has 0 spiro atoms. The van der Waals surface area contributed by atoms with E-state index in [1.807, 2.05) is 49.1 Å². The summed E-state index contributed by atoms with van der Waals surface area (Å²) >= 11 is 0. The van der Waals surface area contributed by atoms with E-state index in [4.69, 9.17) is 0 Å². The summed E-state index contributed by atoms with van der Waals surface area (Å²) in [6, 6.07) is 14.1. The molecule has 2 N–H and O–H groups in total. The van der Waals surface area contributed by atoms with Crippen molar-refractivity contribution in [3.8, 4) is 0 Å². The van der Waals surface area contributed by atoms with Gasteiger partial charge in [0.1, 0.15) is 0 Å². The van der Waals surface area contributed by atoms with Crippen LogP contribution in [0.4, 0.5) is 10.5 Å². The monoisotopic (exact) mass is 393 g/mol. The third-order valence-electron chi connectivity index (χ3n) is 5.74. The van der Waals surface area contributed by atoms with Gasteiger partial charge in [-0.05, 0) is 62.3 Å². The number of likely N-dealkylation sites (tertiary alicyclic amines) is 1. The first-order valence-electron chi connectivity index (χ1n) is 10.4. The van der Waals surface area contributed by atoms with E-state index in [-0.39, 0.29) is 11.9 Å². The summed E-state index contributed by atoms with van der Waals surface area (Å²) in [6.07, 6.45) is 2.24. The van der Waals surface area contributed by atoms with Crippen molar-refractivity contribution in [2.75, 3.05) is 18.4 Å². The highest BCUT2D eigenvalue weighted by molar-refractivity contribution is 5.90. The highest BCUT2D eigenvalue weighted by atomic mass is 16.2. The van der Waals surface area contributed by atoms with Crippen LogP contribution < -0.4 is 10.6 Å². The molecule has 0 atom stereocenters. The maximum atomic E-state index is 12.6. The number of nitrogens with one attached hydrogen (secondary N) is 2. The van der Waals surface area contributed by atoms with Crippen molar-refractivity contribution in [3.05, 3.63) is 64.7 Å². The summed E-state index contributed by atoms with van der Waals surface area (Å²) in [6.45, 7) is 8.05. The third kappa shape index (κ3) is 5.83. The topological polar surface area (TPSA) is 61.4 Å². The average Bonchev–Trinajstić information content (AvgIpc) is 2.70. The molecule has 2 aromatic carbocycles. The van der Waals surface area contributed by atoms with E-state index in [0.29, 0.717) is 32.0 Å². The minimum atomic E-state index is -0.0561. The van der Waals surface area contributed by atoms with Crippen molar-refractivity contribution in [2.45, 2.75) is 46.6 Å². The number of carbonyl (C=O) groups excluding carboxylic acids is 2. The van der Waals surface area contributed by atoms with Crippen molar-refractivity contribution in [2.24, 2.45) is 5.92 Å². The molecular weight excluding hydrogens is 362 g/mol. The summed E-state index contributed by atoms with van der Waals surface area (Å²) in [4.78, 5) is 26.7. The number of urea groups is 1. The lowest BCUT2D eigenvalue weighted by molar-refractivity contribution is -0.122. The minimum Gasteiger partial charge on any atom is -0.352 e. The molecular formula is C24H31N3O2. The van der Waals surface area contributed by atoms with Gasteiger partial charge in [-0.3, -0.25) is 4.79 Å². The number of hydrogen-bond donors (Lipinski definition) is 2. The van der Waals surface area contributed by atoms with Crippen LogP contribution >= 0.6 is 0 Å². The lowest BCUT2D eigenvalue weighted by atomic mass is 9.93. The maximum Gasteiger partial charge on any atom is 0.321 e. The first-order valence-corrected chi connectivity index (χ1v) is 10.4. The Bertz CT molecular complexity index is 870. The zero-order valence-electron chi connectivity index (χ0n) is 17.6. The molecule has 154 valence electrons. The molecule has 3 amide bonds. The Balaban J connectivity index is 1.42. The number of hydrogen-bond acceptors (Lipinski definition) is 2. The average molecular weight is 394 g/mol. The number of nitrogens with zero attached hydrogens (tertiary/aromatic N) is 1. The molecule has 5 nitrogen and oxygen atoms in total. The van der Waals surface area contributed by atoms with Gasteiger partial charge in [-0.2, -0.15) is 0 Å². The van der Waals surface area contributed by atoms with Gasteiger partial charge in [-0.1, -0.05) is 42.0 Å². The lowest BCUT2D eigenvalue weighted by Crippen LogP contribution is -2.42. The summed E-state index contributed by atoms with van der Waals surface area (Å²) in [5.74, 6) is 0.420. The van der Waals surface area contributed by atoms with Crippen LogP contribution in [0.25, 0.3) is 0 Å². The van der Waals surface area contributed by atoms with E-state index in [1.165, 1.54) is 11.1 Å². The van der Waals surface area contributed by atoms with E-state index in [2.05, 4.69) is 29.7 Å². The zero-order valence-corrected chi connectivity index (χ0v) is 17.6. The van der Waals surface area contributed by atoms with Crippen LogP contribution in [0.15, 0.2) is 42.5 Å². The second-order valence-electron chi connectivity index (χ2n) is 8.09. The normalized spacial score (nSPS) is 14.5. The SMILES string of the molecule is Cc1ccc(NC(=O)N2CCC(CC(=O)NCc3ccccc3C)CC2)c(C)c1. The van der Waals surface area contributed by atoms with E-state index in [0.717, 1.165) is 29.7 Å². The van der Waals surface area contributed by atoms with Crippen LogP contribution in [0.2, 0.25) is 0 Å².